The second-order valence-electron chi connectivity index (χ2n) is 5.47. The van der Waals surface area contributed by atoms with Crippen LogP contribution in [0.15, 0.2) is 16.6 Å². The average molecular weight is 342 g/mol. The van der Waals surface area contributed by atoms with Crippen molar-refractivity contribution in [2.24, 2.45) is 0 Å². The number of β-amino-alcohol motifs (C(OH)–C–C–N with tert-alkyl or cyclic N) is 1. The van der Waals surface area contributed by atoms with E-state index in [0.29, 0.717) is 13.2 Å². The van der Waals surface area contributed by atoms with Gasteiger partial charge in [-0.05, 0) is 37.1 Å². The van der Waals surface area contributed by atoms with E-state index in [-0.39, 0.29) is 6.10 Å². The van der Waals surface area contributed by atoms with Gasteiger partial charge in [0.25, 0.3) is 0 Å². The molecule has 1 fully saturated rings. The maximum atomic E-state index is 9.76. The van der Waals surface area contributed by atoms with Crippen molar-refractivity contribution in [1.29, 1.82) is 0 Å². The van der Waals surface area contributed by atoms with Crippen LogP contribution < -0.4 is 9.47 Å². The molecule has 2 heterocycles. The summed E-state index contributed by atoms with van der Waals surface area (Å²) in [4.78, 5) is 2.29. The average Bonchev–Trinajstić information content (AvgIpc) is 2.64. The Morgan fingerprint density at radius 3 is 2.70 bits per heavy atom. The molecule has 110 valence electrons. The predicted molar refractivity (Wildman–Crippen MR) is 80.3 cm³/mol. The molecule has 0 amide bonds. The van der Waals surface area contributed by atoms with Crippen molar-refractivity contribution in [3.63, 3.8) is 0 Å². The number of nitrogens with zero attached hydrogens (tertiary/aromatic N) is 1. The number of benzene rings is 1. The monoisotopic (exact) mass is 341 g/mol. The second kappa shape index (κ2) is 6.33. The van der Waals surface area contributed by atoms with Crippen LogP contribution in [0, 0.1) is 0 Å². The molecule has 1 atom stereocenters. The summed E-state index contributed by atoms with van der Waals surface area (Å²) in [6.07, 6.45) is 2.70. The van der Waals surface area contributed by atoms with E-state index >= 15 is 0 Å². The molecule has 1 saturated heterocycles. The summed E-state index contributed by atoms with van der Waals surface area (Å²) >= 11 is 3.62. The van der Waals surface area contributed by atoms with E-state index in [1.807, 2.05) is 6.07 Å². The second-order valence-corrected chi connectivity index (χ2v) is 6.33. The van der Waals surface area contributed by atoms with Gasteiger partial charge in [0.2, 0.25) is 0 Å². The van der Waals surface area contributed by atoms with Crippen LogP contribution >= 0.6 is 15.9 Å². The molecule has 0 saturated carbocycles. The van der Waals surface area contributed by atoms with E-state index in [4.69, 9.17) is 9.47 Å². The molecule has 0 bridgehead atoms. The van der Waals surface area contributed by atoms with Crippen LogP contribution in [0.25, 0.3) is 0 Å². The molecule has 0 aromatic heterocycles. The molecule has 1 N–H and O–H groups in total. The zero-order chi connectivity index (χ0) is 13.9. The van der Waals surface area contributed by atoms with E-state index in [9.17, 15) is 5.11 Å². The van der Waals surface area contributed by atoms with Gasteiger partial charge in [0.1, 0.15) is 0 Å². The fourth-order valence-corrected chi connectivity index (χ4v) is 3.21. The van der Waals surface area contributed by atoms with Crippen molar-refractivity contribution in [3.8, 4) is 11.5 Å². The maximum Gasteiger partial charge on any atom is 0.162 e. The van der Waals surface area contributed by atoms with E-state index < -0.39 is 0 Å². The smallest absolute Gasteiger partial charge is 0.162 e. The third-order valence-corrected chi connectivity index (χ3v) is 4.53. The molecule has 2 aliphatic rings. The maximum absolute atomic E-state index is 9.76. The van der Waals surface area contributed by atoms with Gasteiger partial charge in [0.15, 0.2) is 11.5 Å². The highest BCUT2D eigenvalue weighted by Gasteiger charge is 2.20. The van der Waals surface area contributed by atoms with Crippen molar-refractivity contribution in [2.75, 3.05) is 26.3 Å². The Hall–Kier alpha value is -0.780. The lowest BCUT2D eigenvalue weighted by molar-refractivity contribution is 0.0667. The molecule has 5 heteroatoms. The Morgan fingerprint density at radius 1 is 1.20 bits per heavy atom. The van der Waals surface area contributed by atoms with Crippen LogP contribution in [0.4, 0.5) is 0 Å². The van der Waals surface area contributed by atoms with Crippen LogP contribution in [-0.4, -0.2) is 42.4 Å². The van der Waals surface area contributed by atoms with Crippen molar-refractivity contribution in [1.82, 2.24) is 4.90 Å². The largest absolute Gasteiger partial charge is 0.490 e. The SMILES string of the molecule is OC1CCCN(Cc2cc3c(cc2Br)OCCCO3)C1. The van der Waals surface area contributed by atoms with E-state index in [0.717, 1.165) is 54.9 Å². The molecule has 0 aliphatic carbocycles. The zero-order valence-electron chi connectivity index (χ0n) is 11.5. The first kappa shape index (κ1) is 14.2. The number of likely N-dealkylation sites (tertiary alicyclic amines) is 1. The summed E-state index contributed by atoms with van der Waals surface area (Å²) in [6.45, 7) is 4.03. The molecule has 3 rings (SSSR count). The number of hydrogen-bond donors (Lipinski definition) is 1. The number of hydrogen-bond acceptors (Lipinski definition) is 4. The number of ether oxygens (including phenoxy) is 2. The molecule has 4 nitrogen and oxygen atoms in total. The summed E-state index contributed by atoms with van der Waals surface area (Å²) in [5.41, 5.74) is 1.18. The van der Waals surface area contributed by atoms with E-state index in [1.54, 1.807) is 0 Å². The fraction of sp³-hybridized carbons (Fsp3) is 0.600. The fourth-order valence-electron chi connectivity index (χ4n) is 2.76. The number of aliphatic hydroxyl groups excluding tert-OH is 1. The molecular weight excluding hydrogens is 322 g/mol. The highest BCUT2D eigenvalue weighted by atomic mass is 79.9. The normalized spacial score (nSPS) is 23.4. The Kier molecular flexibility index (Phi) is 4.48. The molecule has 1 unspecified atom stereocenters. The molecule has 0 spiro atoms. The Labute approximate surface area is 127 Å². The Morgan fingerprint density at radius 2 is 1.95 bits per heavy atom. The van der Waals surface area contributed by atoms with Crippen molar-refractivity contribution in [2.45, 2.75) is 31.9 Å². The van der Waals surface area contributed by atoms with E-state index in [1.165, 1.54) is 5.56 Å². The molecule has 1 aromatic carbocycles. The number of fused-ring (bicyclic) bond motifs is 1. The summed E-state index contributed by atoms with van der Waals surface area (Å²) in [5.74, 6) is 1.65. The lowest BCUT2D eigenvalue weighted by atomic mass is 10.1. The number of halogens is 1. The van der Waals surface area contributed by atoms with Gasteiger partial charge in [-0.3, -0.25) is 4.90 Å². The van der Waals surface area contributed by atoms with Crippen LogP contribution in [-0.2, 0) is 6.54 Å². The van der Waals surface area contributed by atoms with Crippen LogP contribution in [0.1, 0.15) is 24.8 Å². The van der Waals surface area contributed by atoms with Gasteiger partial charge in [-0.1, -0.05) is 15.9 Å². The minimum atomic E-state index is -0.192. The first-order valence-corrected chi connectivity index (χ1v) is 8.00. The topological polar surface area (TPSA) is 41.9 Å². The quantitative estimate of drug-likeness (QED) is 0.897. The molecule has 1 aromatic rings. The Balaban J connectivity index is 1.77. The summed E-state index contributed by atoms with van der Waals surface area (Å²) in [6, 6.07) is 4.06. The number of rotatable bonds is 2. The van der Waals surface area contributed by atoms with Gasteiger partial charge in [0.05, 0.1) is 19.3 Å². The van der Waals surface area contributed by atoms with Gasteiger partial charge in [-0.15, -0.1) is 0 Å². The first-order chi connectivity index (χ1) is 9.72. The third kappa shape index (κ3) is 3.27. The van der Waals surface area contributed by atoms with Gasteiger partial charge in [-0.2, -0.15) is 0 Å². The third-order valence-electron chi connectivity index (χ3n) is 3.79. The van der Waals surface area contributed by atoms with Crippen molar-refractivity contribution >= 4 is 15.9 Å². The zero-order valence-corrected chi connectivity index (χ0v) is 13.1. The van der Waals surface area contributed by atoms with E-state index in [2.05, 4.69) is 26.9 Å². The van der Waals surface area contributed by atoms with Crippen LogP contribution in [0.2, 0.25) is 0 Å². The van der Waals surface area contributed by atoms with Crippen molar-refractivity contribution in [3.05, 3.63) is 22.2 Å². The summed E-state index contributed by atoms with van der Waals surface area (Å²) in [7, 11) is 0. The number of piperidine rings is 1. The molecule has 2 aliphatic heterocycles. The molecule has 20 heavy (non-hydrogen) atoms. The van der Waals surface area contributed by atoms with Gasteiger partial charge in [0, 0.05) is 24.0 Å². The van der Waals surface area contributed by atoms with Crippen LogP contribution in [0.3, 0.4) is 0 Å². The summed E-state index contributed by atoms with van der Waals surface area (Å²) < 4.78 is 12.5. The van der Waals surface area contributed by atoms with Gasteiger partial charge >= 0.3 is 0 Å². The predicted octanol–water partition coefficient (Wildman–Crippen LogP) is 2.57. The first-order valence-electron chi connectivity index (χ1n) is 7.21. The lowest BCUT2D eigenvalue weighted by Gasteiger charge is -2.30. The minimum Gasteiger partial charge on any atom is -0.490 e. The minimum absolute atomic E-state index is 0.192. The number of aliphatic hydroxyl groups is 1. The van der Waals surface area contributed by atoms with Crippen molar-refractivity contribution < 1.29 is 14.6 Å². The van der Waals surface area contributed by atoms with Gasteiger partial charge < -0.3 is 14.6 Å². The van der Waals surface area contributed by atoms with Crippen LogP contribution in [0.5, 0.6) is 11.5 Å². The summed E-state index contributed by atoms with van der Waals surface area (Å²) in [5, 5.41) is 9.76. The highest BCUT2D eigenvalue weighted by Crippen LogP contribution is 2.35. The Bertz CT molecular complexity index is 480. The molecule has 0 radical (unpaired) electrons. The van der Waals surface area contributed by atoms with Gasteiger partial charge in [-0.25, -0.2) is 0 Å². The standard InChI is InChI=1S/C15H20BrNO3/c16-13-8-15-14(19-5-2-6-20-15)7-11(13)9-17-4-1-3-12(18)10-17/h7-8,12,18H,1-6,9-10H2. The molecular formula is C15H20BrNO3. The highest BCUT2D eigenvalue weighted by molar-refractivity contribution is 9.10. The lowest BCUT2D eigenvalue weighted by Crippen LogP contribution is -2.37.